The van der Waals surface area contributed by atoms with Crippen LogP contribution in [0.25, 0.3) is 0 Å². The van der Waals surface area contributed by atoms with Crippen molar-refractivity contribution in [3.63, 3.8) is 0 Å². The van der Waals surface area contributed by atoms with Crippen LogP contribution in [0.2, 0.25) is 0 Å². The minimum atomic E-state index is -0.414. The van der Waals surface area contributed by atoms with Crippen LogP contribution in [0.15, 0.2) is 0 Å². The number of thiol groups is 1. The number of carbonyl (C=O) groups is 2. The van der Waals surface area contributed by atoms with E-state index in [1.54, 1.807) is 6.92 Å². The first-order valence-electron chi connectivity index (χ1n) is 7.04. The van der Waals surface area contributed by atoms with Crippen LogP contribution in [-0.4, -0.2) is 52.4 Å². The molecule has 1 aromatic heterocycles. The Morgan fingerprint density at radius 2 is 2.10 bits per heavy atom. The lowest BCUT2D eigenvalue weighted by molar-refractivity contribution is -0.131. The van der Waals surface area contributed by atoms with Crippen molar-refractivity contribution < 1.29 is 14.3 Å². The largest absolute Gasteiger partial charge is 0.461 e. The molecule has 0 radical (unpaired) electrons. The molecule has 1 aliphatic rings. The Labute approximate surface area is 133 Å². The van der Waals surface area contributed by atoms with E-state index >= 15 is 0 Å². The third-order valence-electron chi connectivity index (χ3n) is 3.41. The quantitative estimate of drug-likeness (QED) is 0.658. The van der Waals surface area contributed by atoms with E-state index < -0.39 is 5.97 Å². The molecule has 0 aliphatic carbocycles. The van der Waals surface area contributed by atoms with E-state index in [0.717, 1.165) is 30.9 Å². The third-order valence-corrected chi connectivity index (χ3v) is 4.70. The van der Waals surface area contributed by atoms with Crippen molar-refractivity contribution in [2.24, 2.45) is 0 Å². The van der Waals surface area contributed by atoms with Gasteiger partial charge in [0, 0.05) is 25.4 Å². The molecule has 1 amide bonds. The average molecular weight is 329 g/mol. The number of amides is 1. The Hall–Kier alpha value is -1.15. The maximum absolute atomic E-state index is 11.8. The molecule has 0 spiro atoms. The number of hydrogen-bond acceptors (Lipinski definition) is 7. The van der Waals surface area contributed by atoms with Crippen LogP contribution in [0.5, 0.6) is 0 Å². The summed E-state index contributed by atoms with van der Waals surface area (Å²) in [5.41, 5.74) is 0. The Balaban J connectivity index is 1.90. The van der Waals surface area contributed by atoms with Gasteiger partial charge in [-0.2, -0.15) is 12.6 Å². The number of ether oxygens (including phenoxy) is 1. The second-order valence-electron chi connectivity index (χ2n) is 4.79. The van der Waals surface area contributed by atoms with E-state index in [-0.39, 0.29) is 11.8 Å². The zero-order valence-electron chi connectivity index (χ0n) is 11.9. The Morgan fingerprint density at radius 1 is 1.38 bits per heavy atom. The molecule has 1 fully saturated rings. The van der Waals surface area contributed by atoms with Crippen molar-refractivity contribution in [3.8, 4) is 0 Å². The van der Waals surface area contributed by atoms with Gasteiger partial charge in [-0.25, -0.2) is 4.79 Å². The number of hydrogen-bond donors (Lipinski definition) is 1. The van der Waals surface area contributed by atoms with Crippen LogP contribution in [0.1, 0.15) is 46.9 Å². The molecule has 1 aliphatic heterocycles. The Morgan fingerprint density at radius 3 is 2.71 bits per heavy atom. The molecule has 21 heavy (non-hydrogen) atoms. The summed E-state index contributed by atoms with van der Waals surface area (Å²) in [6.07, 6.45) is 2.20. The predicted molar refractivity (Wildman–Crippen MR) is 82.9 cm³/mol. The van der Waals surface area contributed by atoms with Gasteiger partial charge in [-0.3, -0.25) is 4.79 Å². The number of rotatable bonds is 5. The van der Waals surface area contributed by atoms with Crippen LogP contribution < -0.4 is 0 Å². The maximum Gasteiger partial charge on any atom is 0.369 e. The van der Waals surface area contributed by atoms with Gasteiger partial charge in [0.05, 0.1) is 6.61 Å². The highest BCUT2D eigenvalue weighted by Gasteiger charge is 2.26. The lowest BCUT2D eigenvalue weighted by atomic mass is 9.97. The first kappa shape index (κ1) is 16.2. The minimum absolute atomic E-state index is 0.160. The van der Waals surface area contributed by atoms with E-state index in [4.69, 9.17) is 4.74 Å². The van der Waals surface area contributed by atoms with E-state index in [1.165, 1.54) is 11.3 Å². The van der Waals surface area contributed by atoms with Gasteiger partial charge in [0.2, 0.25) is 10.9 Å². The number of carbonyl (C=O) groups excluding carboxylic acids is 2. The molecular formula is C13H19N3O3S2. The van der Waals surface area contributed by atoms with Gasteiger partial charge in [-0.15, -0.1) is 10.2 Å². The molecule has 0 atom stereocenters. The SMILES string of the molecule is CCOC(=O)c1nnc(C2CCN(C(=O)CCS)CC2)s1. The lowest BCUT2D eigenvalue weighted by Gasteiger charge is -2.30. The molecule has 116 valence electrons. The summed E-state index contributed by atoms with van der Waals surface area (Å²) in [5, 5.41) is 9.16. The summed E-state index contributed by atoms with van der Waals surface area (Å²) in [6.45, 7) is 3.55. The number of piperidine rings is 1. The summed E-state index contributed by atoms with van der Waals surface area (Å²) in [6, 6.07) is 0. The van der Waals surface area contributed by atoms with Crippen molar-refractivity contribution in [1.82, 2.24) is 15.1 Å². The zero-order chi connectivity index (χ0) is 15.2. The van der Waals surface area contributed by atoms with Crippen molar-refractivity contribution in [3.05, 3.63) is 10.0 Å². The molecule has 6 nitrogen and oxygen atoms in total. The summed E-state index contributed by atoms with van der Waals surface area (Å²) >= 11 is 5.38. The van der Waals surface area contributed by atoms with E-state index in [1.807, 2.05) is 4.90 Å². The fourth-order valence-corrected chi connectivity index (χ4v) is 3.40. The van der Waals surface area contributed by atoms with Crippen LogP contribution in [-0.2, 0) is 9.53 Å². The molecule has 0 N–H and O–H groups in total. The number of esters is 1. The average Bonchev–Trinajstić information content (AvgIpc) is 2.98. The molecule has 0 aromatic carbocycles. The van der Waals surface area contributed by atoms with Crippen molar-refractivity contribution >= 4 is 35.8 Å². The highest BCUT2D eigenvalue weighted by atomic mass is 32.1. The molecular weight excluding hydrogens is 310 g/mol. The standard InChI is InChI=1S/C13H19N3O3S2/c1-2-19-13(18)12-15-14-11(21-12)9-3-6-16(7-4-9)10(17)5-8-20/h9,20H,2-8H2,1H3. The van der Waals surface area contributed by atoms with Crippen molar-refractivity contribution in [2.75, 3.05) is 25.4 Å². The number of aromatic nitrogens is 2. The first-order chi connectivity index (χ1) is 10.2. The Bertz CT molecular complexity index is 499. The normalized spacial score (nSPS) is 16.0. The van der Waals surface area contributed by atoms with Gasteiger partial charge in [0.1, 0.15) is 5.01 Å². The Kier molecular flexibility index (Phi) is 5.98. The summed E-state index contributed by atoms with van der Waals surface area (Å²) < 4.78 is 4.91. The zero-order valence-corrected chi connectivity index (χ0v) is 13.7. The molecule has 0 saturated carbocycles. The molecule has 1 aromatic rings. The van der Waals surface area contributed by atoms with Gasteiger partial charge in [-0.05, 0) is 25.5 Å². The molecule has 0 bridgehead atoms. The first-order valence-corrected chi connectivity index (χ1v) is 8.49. The lowest BCUT2D eigenvalue weighted by Crippen LogP contribution is -2.37. The smallest absolute Gasteiger partial charge is 0.369 e. The van der Waals surface area contributed by atoms with Crippen LogP contribution >= 0.6 is 24.0 Å². The topological polar surface area (TPSA) is 72.4 Å². The van der Waals surface area contributed by atoms with E-state index in [9.17, 15) is 9.59 Å². The van der Waals surface area contributed by atoms with Gasteiger partial charge in [-0.1, -0.05) is 11.3 Å². The maximum atomic E-state index is 11.8. The monoisotopic (exact) mass is 329 g/mol. The van der Waals surface area contributed by atoms with Crippen LogP contribution in [0.3, 0.4) is 0 Å². The fourth-order valence-electron chi connectivity index (χ4n) is 2.30. The number of nitrogens with zero attached hydrogens (tertiary/aromatic N) is 3. The summed E-state index contributed by atoms with van der Waals surface area (Å²) in [4.78, 5) is 25.3. The van der Waals surface area contributed by atoms with Crippen LogP contribution in [0, 0.1) is 0 Å². The highest BCUT2D eigenvalue weighted by Crippen LogP contribution is 2.30. The van der Waals surface area contributed by atoms with Gasteiger partial charge in [0.15, 0.2) is 0 Å². The molecule has 2 heterocycles. The molecule has 2 rings (SSSR count). The molecule has 8 heteroatoms. The van der Waals surface area contributed by atoms with Gasteiger partial charge >= 0.3 is 5.97 Å². The van der Waals surface area contributed by atoms with Gasteiger partial charge in [0.25, 0.3) is 0 Å². The second kappa shape index (κ2) is 7.74. The van der Waals surface area contributed by atoms with Crippen molar-refractivity contribution in [2.45, 2.75) is 32.1 Å². The molecule has 1 saturated heterocycles. The summed E-state index contributed by atoms with van der Waals surface area (Å²) in [7, 11) is 0. The van der Waals surface area contributed by atoms with Gasteiger partial charge < -0.3 is 9.64 Å². The third kappa shape index (κ3) is 4.16. The van der Waals surface area contributed by atoms with E-state index in [0.29, 0.717) is 23.8 Å². The van der Waals surface area contributed by atoms with E-state index in [2.05, 4.69) is 22.8 Å². The highest BCUT2D eigenvalue weighted by molar-refractivity contribution is 7.80. The summed E-state index contributed by atoms with van der Waals surface area (Å²) in [5.74, 6) is 0.597. The fraction of sp³-hybridized carbons (Fsp3) is 0.692. The van der Waals surface area contributed by atoms with Crippen LogP contribution in [0.4, 0.5) is 0 Å². The number of likely N-dealkylation sites (tertiary alicyclic amines) is 1. The van der Waals surface area contributed by atoms with Crippen molar-refractivity contribution in [1.29, 1.82) is 0 Å². The molecule has 0 unspecified atom stereocenters. The second-order valence-corrected chi connectivity index (χ2v) is 6.25. The predicted octanol–water partition coefficient (Wildman–Crippen LogP) is 1.74. The minimum Gasteiger partial charge on any atom is -0.461 e.